The molecule has 0 amide bonds. The molecule has 0 aliphatic carbocycles. The topological polar surface area (TPSA) is 39.1 Å². The van der Waals surface area contributed by atoms with Crippen molar-refractivity contribution in [3.8, 4) is 5.88 Å². The Labute approximate surface area is 71.5 Å². The number of aromatic nitrogens is 2. The first-order chi connectivity index (χ1) is 5.83. The molecule has 0 bridgehead atoms. The Hall–Kier alpha value is -1.03. The first kappa shape index (κ1) is 7.61. The predicted molar refractivity (Wildman–Crippen MR) is 45.4 cm³/mol. The highest BCUT2D eigenvalue weighted by Crippen LogP contribution is 2.27. The van der Waals surface area contributed by atoms with Gasteiger partial charge < -0.3 is 10.1 Å². The van der Waals surface area contributed by atoms with E-state index in [2.05, 4.69) is 10.4 Å². The Morgan fingerprint density at radius 1 is 1.67 bits per heavy atom. The standard InChI is InChI=1S/C8H13N3O/c1-11-8(12-2)7(5-10-11)6-3-9-4-6/h5-6,9H,3-4H2,1-2H3. The molecular weight excluding hydrogens is 154 g/mol. The largest absolute Gasteiger partial charge is 0.481 e. The van der Waals surface area contributed by atoms with Crippen LogP contribution in [0.1, 0.15) is 11.5 Å². The van der Waals surface area contributed by atoms with E-state index in [0.29, 0.717) is 5.92 Å². The van der Waals surface area contributed by atoms with Gasteiger partial charge in [-0.25, -0.2) is 4.68 Å². The molecule has 2 heterocycles. The molecule has 1 saturated heterocycles. The first-order valence-electron chi connectivity index (χ1n) is 4.09. The van der Waals surface area contributed by atoms with Gasteiger partial charge in [0.1, 0.15) is 0 Å². The van der Waals surface area contributed by atoms with Crippen molar-refractivity contribution < 1.29 is 4.74 Å². The monoisotopic (exact) mass is 167 g/mol. The Balaban J connectivity index is 2.29. The van der Waals surface area contributed by atoms with Gasteiger partial charge in [-0.3, -0.25) is 0 Å². The molecule has 1 aliphatic rings. The van der Waals surface area contributed by atoms with Gasteiger partial charge in [-0.1, -0.05) is 0 Å². The lowest BCUT2D eigenvalue weighted by Crippen LogP contribution is -2.39. The minimum absolute atomic E-state index is 0.591. The molecule has 66 valence electrons. The Kier molecular flexibility index (Phi) is 1.77. The molecule has 1 fully saturated rings. The van der Waals surface area contributed by atoms with Gasteiger partial charge >= 0.3 is 0 Å². The van der Waals surface area contributed by atoms with Crippen molar-refractivity contribution >= 4 is 0 Å². The molecule has 1 aliphatic heterocycles. The van der Waals surface area contributed by atoms with Crippen molar-refractivity contribution in [1.82, 2.24) is 15.1 Å². The fourth-order valence-electron chi connectivity index (χ4n) is 1.48. The van der Waals surface area contributed by atoms with E-state index in [0.717, 1.165) is 19.0 Å². The number of ether oxygens (including phenoxy) is 1. The van der Waals surface area contributed by atoms with Gasteiger partial charge in [-0.15, -0.1) is 0 Å². The van der Waals surface area contributed by atoms with Crippen LogP contribution in [0.25, 0.3) is 0 Å². The Bertz CT molecular complexity index is 278. The van der Waals surface area contributed by atoms with Gasteiger partial charge in [-0.2, -0.15) is 5.10 Å². The minimum atomic E-state index is 0.591. The van der Waals surface area contributed by atoms with E-state index in [1.54, 1.807) is 11.8 Å². The number of aryl methyl sites for hydroxylation is 1. The number of hydrogen-bond donors (Lipinski definition) is 1. The van der Waals surface area contributed by atoms with E-state index in [4.69, 9.17) is 4.74 Å². The molecule has 0 saturated carbocycles. The first-order valence-corrected chi connectivity index (χ1v) is 4.09. The van der Waals surface area contributed by atoms with E-state index in [1.807, 2.05) is 13.2 Å². The Morgan fingerprint density at radius 2 is 2.42 bits per heavy atom. The van der Waals surface area contributed by atoms with Crippen LogP contribution in [-0.4, -0.2) is 30.0 Å². The summed E-state index contributed by atoms with van der Waals surface area (Å²) in [5, 5.41) is 7.38. The van der Waals surface area contributed by atoms with Gasteiger partial charge in [0.05, 0.1) is 13.3 Å². The lowest BCUT2D eigenvalue weighted by atomic mass is 9.96. The average Bonchev–Trinajstić information content (AvgIpc) is 2.29. The zero-order valence-electron chi connectivity index (χ0n) is 7.37. The van der Waals surface area contributed by atoms with Crippen LogP contribution in [0.5, 0.6) is 5.88 Å². The van der Waals surface area contributed by atoms with Gasteiger partial charge in [0.25, 0.3) is 0 Å². The van der Waals surface area contributed by atoms with Crippen LogP contribution in [0, 0.1) is 0 Å². The number of nitrogens with one attached hydrogen (secondary N) is 1. The molecule has 4 nitrogen and oxygen atoms in total. The number of methoxy groups -OCH3 is 1. The van der Waals surface area contributed by atoms with E-state index in [1.165, 1.54) is 5.56 Å². The summed E-state index contributed by atoms with van der Waals surface area (Å²) in [6, 6.07) is 0. The quantitative estimate of drug-likeness (QED) is 0.679. The van der Waals surface area contributed by atoms with Gasteiger partial charge in [0.2, 0.25) is 5.88 Å². The minimum Gasteiger partial charge on any atom is -0.481 e. The zero-order valence-corrected chi connectivity index (χ0v) is 7.37. The smallest absolute Gasteiger partial charge is 0.214 e. The van der Waals surface area contributed by atoms with Crippen LogP contribution in [0.15, 0.2) is 6.20 Å². The third kappa shape index (κ3) is 0.992. The van der Waals surface area contributed by atoms with E-state index in [-0.39, 0.29) is 0 Å². The molecule has 0 atom stereocenters. The second kappa shape index (κ2) is 2.79. The highest BCUT2D eigenvalue weighted by Gasteiger charge is 2.24. The summed E-state index contributed by atoms with van der Waals surface area (Å²) >= 11 is 0. The normalized spacial score (nSPS) is 17.5. The van der Waals surface area contributed by atoms with Crippen molar-refractivity contribution in [3.05, 3.63) is 11.8 Å². The van der Waals surface area contributed by atoms with E-state index < -0.39 is 0 Å². The number of nitrogens with zero attached hydrogens (tertiary/aromatic N) is 2. The van der Waals surface area contributed by atoms with Crippen LogP contribution < -0.4 is 10.1 Å². The summed E-state index contributed by atoms with van der Waals surface area (Å²) in [5.74, 6) is 1.48. The summed E-state index contributed by atoms with van der Waals surface area (Å²) < 4.78 is 7.02. The lowest BCUT2D eigenvalue weighted by Gasteiger charge is -2.26. The van der Waals surface area contributed by atoms with Gasteiger partial charge in [-0.05, 0) is 0 Å². The molecule has 0 radical (unpaired) electrons. The SMILES string of the molecule is COc1c(C2CNC2)cnn1C. The molecule has 4 heteroatoms. The molecule has 1 aromatic rings. The van der Waals surface area contributed by atoms with Crippen molar-refractivity contribution in [1.29, 1.82) is 0 Å². The second-order valence-electron chi connectivity index (χ2n) is 3.09. The summed E-state index contributed by atoms with van der Waals surface area (Å²) in [7, 11) is 3.58. The molecule has 0 spiro atoms. The maximum Gasteiger partial charge on any atom is 0.214 e. The average molecular weight is 167 g/mol. The molecule has 0 aromatic carbocycles. The molecule has 1 aromatic heterocycles. The molecule has 12 heavy (non-hydrogen) atoms. The van der Waals surface area contributed by atoms with Crippen LogP contribution in [-0.2, 0) is 7.05 Å². The zero-order chi connectivity index (χ0) is 8.55. The molecular formula is C8H13N3O. The predicted octanol–water partition coefficient (Wildman–Crippen LogP) is 0.115. The van der Waals surface area contributed by atoms with Gasteiger partial charge in [0.15, 0.2) is 0 Å². The van der Waals surface area contributed by atoms with Crippen LogP contribution in [0.3, 0.4) is 0 Å². The Morgan fingerprint density at radius 3 is 2.92 bits per heavy atom. The van der Waals surface area contributed by atoms with Crippen LogP contribution in [0.4, 0.5) is 0 Å². The van der Waals surface area contributed by atoms with Crippen molar-refractivity contribution in [2.75, 3.05) is 20.2 Å². The third-order valence-corrected chi connectivity index (χ3v) is 2.33. The number of rotatable bonds is 2. The van der Waals surface area contributed by atoms with Gasteiger partial charge in [0, 0.05) is 31.6 Å². The fraction of sp³-hybridized carbons (Fsp3) is 0.625. The van der Waals surface area contributed by atoms with Crippen LogP contribution >= 0.6 is 0 Å². The van der Waals surface area contributed by atoms with Crippen molar-refractivity contribution in [2.24, 2.45) is 7.05 Å². The number of hydrogen-bond acceptors (Lipinski definition) is 3. The summed E-state index contributed by atoms with van der Waals surface area (Å²) in [6.07, 6.45) is 1.89. The second-order valence-corrected chi connectivity index (χ2v) is 3.09. The summed E-state index contributed by atoms with van der Waals surface area (Å²) in [6.45, 7) is 2.09. The highest BCUT2D eigenvalue weighted by atomic mass is 16.5. The summed E-state index contributed by atoms with van der Waals surface area (Å²) in [5.41, 5.74) is 1.22. The highest BCUT2D eigenvalue weighted by molar-refractivity contribution is 5.30. The third-order valence-electron chi connectivity index (χ3n) is 2.33. The fourth-order valence-corrected chi connectivity index (χ4v) is 1.48. The summed E-state index contributed by atoms with van der Waals surface area (Å²) in [4.78, 5) is 0. The van der Waals surface area contributed by atoms with E-state index in [9.17, 15) is 0 Å². The maximum atomic E-state index is 5.25. The van der Waals surface area contributed by atoms with Crippen molar-refractivity contribution in [3.63, 3.8) is 0 Å². The maximum absolute atomic E-state index is 5.25. The molecule has 1 N–H and O–H groups in total. The van der Waals surface area contributed by atoms with Crippen molar-refractivity contribution in [2.45, 2.75) is 5.92 Å². The van der Waals surface area contributed by atoms with Crippen LogP contribution in [0.2, 0.25) is 0 Å². The molecule has 2 rings (SSSR count). The van der Waals surface area contributed by atoms with E-state index >= 15 is 0 Å². The molecule has 0 unspecified atom stereocenters. The lowest BCUT2D eigenvalue weighted by molar-refractivity contribution is 0.355.